The molecule has 3 heterocycles. The van der Waals surface area contributed by atoms with Crippen molar-refractivity contribution in [3.8, 4) is 5.82 Å². The number of aromatic nitrogens is 4. The largest absolute Gasteiger partial charge is 0.478 e. The van der Waals surface area contributed by atoms with Gasteiger partial charge in [-0.25, -0.2) is 14.8 Å². The predicted octanol–water partition coefficient (Wildman–Crippen LogP) is 2.74. The van der Waals surface area contributed by atoms with Gasteiger partial charge >= 0.3 is 5.97 Å². The summed E-state index contributed by atoms with van der Waals surface area (Å²) in [6.45, 7) is 2.76. The van der Waals surface area contributed by atoms with Gasteiger partial charge in [-0.15, -0.1) is 0 Å². The first-order valence-corrected chi connectivity index (χ1v) is 9.04. The predicted molar refractivity (Wildman–Crippen MR) is 99.8 cm³/mol. The number of hydrogen-bond donors (Lipinski definition) is 1. The van der Waals surface area contributed by atoms with Crippen molar-refractivity contribution in [3.63, 3.8) is 0 Å². The molecule has 3 aromatic rings. The molecule has 0 saturated carbocycles. The number of piperidine rings is 1. The van der Waals surface area contributed by atoms with E-state index in [0.717, 1.165) is 49.6 Å². The van der Waals surface area contributed by atoms with Gasteiger partial charge in [0.05, 0.1) is 17.5 Å². The van der Waals surface area contributed by atoms with Gasteiger partial charge in [0.15, 0.2) is 5.82 Å². The standard InChI is InChI=1S/C20H21N5O2/c26-20(27)16-5-3-15(4-6-16)12-24-8-1-2-17(13-24)18-10-22-11-19(23-18)25-9-7-21-14-25/h3-7,9-11,14,17H,1-2,8,12-13H2,(H,26,27). The molecule has 1 atom stereocenters. The van der Waals surface area contributed by atoms with Crippen LogP contribution in [0.3, 0.4) is 0 Å². The minimum absolute atomic E-state index is 0.321. The van der Waals surface area contributed by atoms with Crippen LogP contribution in [0.2, 0.25) is 0 Å². The summed E-state index contributed by atoms with van der Waals surface area (Å²) < 4.78 is 1.86. The molecule has 27 heavy (non-hydrogen) atoms. The first-order valence-electron chi connectivity index (χ1n) is 9.04. The van der Waals surface area contributed by atoms with E-state index in [4.69, 9.17) is 10.1 Å². The number of likely N-dealkylation sites (tertiary alicyclic amines) is 1. The first-order chi connectivity index (χ1) is 13.2. The minimum Gasteiger partial charge on any atom is -0.478 e. The topological polar surface area (TPSA) is 84.1 Å². The van der Waals surface area contributed by atoms with E-state index in [9.17, 15) is 4.79 Å². The molecular formula is C20H21N5O2. The smallest absolute Gasteiger partial charge is 0.335 e. The SMILES string of the molecule is O=C(O)c1ccc(CN2CCCC(c3cncc(-n4ccnc4)n3)C2)cc1. The van der Waals surface area contributed by atoms with Crippen LogP contribution in [-0.4, -0.2) is 48.6 Å². The second-order valence-electron chi connectivity index (χ2n) is 6.85. The van der Waals surface area contributed by atoms with E-state index in [1.807, 2.05) is 29.1 Å². The van der Waals surface area contributed by atoms with Crippen molar-refractivity contribution in [3.05, 3.63) is 72.2 Å². The van der Waals surface area contributed by atoms with Gasteiger partial charge in [-0.05, 0) is 37.1 Å². The lowest BCUT2D eigenvalue weighted by Crippen LogP contribution is -2.34. The molecule has 1 N–H and O–H groups in total. The van der Waals surface area contributed by atoms with E-state index in [2.05, 4.69) is 14.9 Å². The van der Waals surface area contributed by atoms with Crippen LogP contribution in [-0.2, 0) is 6.54 Å². The molecule has 1 aromatic carbocycles. The fraction of sp³-hybridized carbons (Fsp3) is 0.300. The maximum Gasteiger partial charge on any atom is 0.335 e. The molecule has 2 aromatic heterocycles. The summed E-state index contributed by atoms with van der Waals surface area (Å²) in [4.78, 5) is 26.6. The number of carboxylic acids is 1. The van der Waals surface area contributed by atoms with Crippen molar-refractivity contribution in [2.75, 3.05) is 13.1 Å². The maximum absolute atomic E-state index is 11.0. The Kier molecular flexibility index (Phi) is 4.93. The van der Waals surface area contributed by atoms with Crippen LogP contribution in [0.1, 0.15) is 40.4 Å². The molecule has 4 rings (SSSR count). The van der Waals surface area contributed by atoms with Crippen LogP contribution in [0.25, 0.3) is 5.82 Å². The molecule has 0 aliphatic carbocycles. The molecule has 1 unspecified atom stereocenters. The summed E-state index contributed by atoms with van der Waals surface area (Å²) >= 11 is 0. The van der Waals surface area contributed by atoms with Crippen molar-refractivity contribution in [1.29, 1.82) is 0 Å². The molecule has 0 spiro atoms. The second-order valence-corrected chi connectivity index (χ2v) is 6.85. The highest BCUT2D eigenvalue weighted by Gasteiger charge is 2.23. The van der Waals surface area contributed by atoms with Crippen molar-refractivity contribution in [2.24, 2.45) is 0 Å². The van der Waals surface area contributed by atoms with Gasteiger partial charge in [0, 0.05) is 37.6 Å². The molecule has 1 saturated heterocycles. The summed E-state index contributed by atoms with van der Waals surface area (Å²) in [6.07, 6.45) is 11.1. The number of imidazole rings is 1. The summed E-state index contributed by atoms with van der Waals surface area (Å²) in [7, 11) is 0. The van der Waals surface area contributed by atoms with Crippen molar-refractivity contribution < 1.29 is 9.90 Å². The van der Waals surface area contributed by atoms with Gasteiger partial charge in [0.25, 0.3) is 0 Å². The second kappa shape index (κ2) is 7.67. The van der Waals surface area contributed by atoms with E-state index in [0.29, 0.717) is 11.5 Å². The highest BCUT2D eigenvalue weighted by atomic mass is 16.4. The number of aromatic carboxylic acids is 1. The summed E-state index contributed by atoms with van der Waals surface area (Å²) in [6, 6.07) is 7.12. The zero-order valence-corrected chi connectivity index (χ0v) is 14.9. The Morgan fingerprint density at radius 1 is 1.19 bits per heavy atom. The summed E-state index contributed by atoms with van der Waals surface area (Å²) in [5.41, 5.74) is 2.45. The average Bonchev–Trinajstić information content (AvgIpc) is 3.24. The number of carboxylic acid groups (broad SMARTS) is 1. The van der Waals surface area contributed by atoms with Crippen LogP contribution in [0, 0.1) is 0 Å². The van der Waals surface area contributed by atoms with Crippen molar-refractivity contribution in [2.45, 2.75) is 25.3 Å². The van der Waals surface area contributed by atoms with E-state index in [-0.39, 0.29) is 0 Å². The zero-order valence-electron chi connectivity index (χ0n) is 14.9. The molecule has 1 aliphatic heterocycles. The van der Waals surface area contributed by atoms with Crippen molar-refractivity contribution >= 4 is 5.97 Å². The molecule has 0 bridgehead atoms. The number of hydrogen-bond acceptors (Lipinski definition) is 5. The molecule has 1 fully saturated rings. The maximum atomic E-state index is 11.0. The Morgan fingerprint density at radius 2 is 2.04 bits per heavy atom. The van der Waals surface area contributed by atoms with Gasteiger partial charge in [-0.3, -0.25) is 14.5 Å². The monoisotopic (exact) mass is 363 g/mol. The molecular weight excluding hydrogens is 342 g/mol. The van der Waals surface area contributed by atoms with Crippen molar-refractivity contribution in [1.82, 2.24) is 24.4 Å². The van der Waals surface area contributed by atoms with Gasteiger partial charge < -0.3 is 5.11 Å². The number of rotatable bonds is 5. The lowest BCUT2D eigenvalue weighted by Gasteiger charge is -2.32. The van der Waals surface area contributed by atoms with Crippen LogP contribution in [0.15, 0.2) is 55.4 Å². The van der Waals surface area contributed by atoms with E-state index in [1.165, 1.54) is 0 Å². The number of benzene rings is 1. The average molecular weight is 363 g/mol. The lowest BCUT2D eigenvalue weighted by atomic mass is 9.94. The summed E-state index contributed by atoms with van der Waals surface area (Å²) in [5, 5.41) is 9.02. The van der Waals surface area contributed by atoms with Gasteiger partial charge in [-0.1, -0.05) is 12.1 Å². The van der Waals surface area contributed by atoms with Gasteiger partial charge in [0.2, 0.25) is 0 Å². The first kappa shape index (κ1) is 17.4. The Hall–Kier alpha value is -3.06. The van der Waals surface area contributed by atoms with E-state index < -0.39 is 5.97 Å². The number of nitrogens with zero attached hydrogens (tertiary/aromatic N) is 5. The lowest BCUT2D eigenvalue weighted by molar-refractivity contribution is 0.0697. The molecule has 0 amide bonds. The highest BCUT2D eigenvalue weighted by Crippen LogP contribution is 2.26. The quantitative estimate of drug-likeness (QED) is 0.750. The third kappa shape index (κ3) is 4.03. The Balaban J connectivity index is 1.45. The minimum atomic E-state index is -0.893. The Bertz CT molecular complexity index is 908. The normalized spacial score (nSPS) is 17.7. The fourth-order valence-electron chi connectivity index (χ4n) is 3.54. The molecule has 138 valence electrons. The third-order valence-corrected chi connectivity index (χ3v) is 4.94. The van der Waals surface area contributed by atoms with Crippen LogP contribution >= 0.6 is 0 Å². The molecule has 1 aliphatic rings. The Labute approximate surface area is 157 Å². The third-order valence-electron chi connectivity index (χ3n) is 4.94. The molecule has 0 radical (unpaired) electrons. The molecule has 7 nitrogen and oxygen atoms in total. The van der Waals surface area contributed by atoms with Gasteiger partial charge in [-0.2, -0.15) is 0 Å². The Morgan fingerprint density at radius 3 is 2.78 bits per heavy atom. The van der Waals surface area contributed by atoms with Gasteiger partial charge in [0.1, 0.15) is 6.33 Å². The van der Waals surface area contributed by atoms with Crippen LogP contribution < -0.4 is 0 Å². The van der Waals surface area contributed by atoms with E-state index in [1.54, 1.807) is 30.9 Å². The van der Waals surface area contributed by atoms with E-state index >= 15 is 0 Å². The zero-order chi connectivity index (χ0) is 18.6. The van der Waals surface area contributed by atoms with Crippen LogP contribution in [0.5, 0.6) is 0 Å². The summed E-state index contributed by atoms with van der Waals surface area (Å²) in [5.74, 6) is 0.232. The number of carbonyl (C=O) groups is 1. The molecule has 7 heteroatoms. The van der Waals surface area contributed by atoms with Crippen LogP contribution in [0.4, 0.5) is 0 Å². The fourth-order valence-corrected chi connectivity index (χ4v) is 3.54. The highest BCUT2D eigenvalue weighted by molar-refractivity contribution is 5.87.